The Morgan fingerprint density at radius 3 is 2.68 bits per heavy atom. The Morgan fingerprint density at radius 2 is 2.00 bits per heavy atom. The monoisotopic (exact) mass is 383 g/mol. The van der Waals surface area contributed by atoms with Crippen molar-refractivity contribution in [2.24, 2.45) is 5.92 Å². The lowest BCUT2D eigenvalue weighted by atomic mass is 10.1. The summed E-state index contributed by atoms with van der Waals surface area (Å²) in [5.74, 6) is -0.503. The Morgan fingerprint density at radius 1 is 1.25 bits per heavy atom. The number of anilines is 2. The molecule has 1 fully saturated rings. The van der Waals surface area contributed by atoms with E-state index in [9.17, 15) is 19.7 Å². The number of nitrogens with one attached hydrogen (secondary N) is 1. The van der Waals surface area contributed by atoms with E-state index < -0.39 is 10.8 Å². The SMILES string of the molecule is COc1ccc(C)cc1N1CC(C(=O)Nc2cc([N+](=O)[O-])ccc2C)CC1=O. The van der Waals surface area contributed by atoms with E-state index in [-0.39, 0.29) is 30.5 Å². The smallest absolute Gasteiger partial charge is 0.271 e. The Labute approximate surface area is 162 Å². The lowest BCUT2D eigenvalue weighted by Gasteiger charge is -2.20. The number of amides is 2. The van der Waals surface area contributed by atoms with Crippen molar-refractivity contribution in [2.45, 2.75) is 20.3 Å². The van der Waals surface area contributed by atoms with Gasteiger partial charge in [-0.3, -0.25) is 19.7 Å². The highest BCUT2D eigenvalue weighted by atomic mass is 16.6. The van der Waals surface area contributed by atoms with Gasteiger partial charge in [0.15, 0.2) is 0 Å². The molecule has 0 aromatic heterocycles. The summed E-state index contributed by atoms with van der Waals surface area (Å²) in [6.07, 6.45) is 0.0664. The molecule has 1 aliphatic heterocycles. The Hall–Kier alpha value is -3.42. The van der Waals surface area contributed by atoms with Gasteiger partial charge in [0.1, 0.15) is 5.75 Å². The molecule has 28 heavy (non-hydrogen) atoms. The van der Waals surface area contributed by atoms with Gasteiger partial charge < -0.3 is 15.0 Å². The van der Waals surface area contributed by atoms with Gasteiger partial charge in [-0.05, 0) is 37.1 Å². The summed E-state index contributed by atoms with van der Waals surface area (Å²) < 4.78 is 5.35. The first-order valence-corrected chi connectivity index (χ1v) is 8.81. The van der Waals surface area contributed by atoms with Crippen LogP contribution in [-0.2, 0) is 9.59 Å². The van der Waals surface area contributed by atoms with E-state index in [0.717, 1.165) is 5.56 Å². The molecule has 2 aromatic carbocycles. The first-order chi connectivity index (χ1) is 13.3. The summed E-state index contributed by atoms with van der Waals surface area (Å²) in [5, 5.41) is 13.7. The van der Waals surface area contributed by atoms with E-state index in [2.05, 4.69) is 5.32 Å². The summed E-state index contributed by atoms with van der Waals surface area (Å²) >= 11 is 0. The molecule has 1 saturated heterocycles. The van der Waals surface area contributed by atoms with Crippen LogP contribution in [-0.4, -0.2) is 30.4 Å². The number of hydrogen-bond donors (Lipinski definition) is 1. The van der Waals surface area contributed by atoms with E-state index in [0.29, 0.717) is 22.7 Å². The van der Waals surface area contributed by atoms with Gasteiger partial charge in [0.25, 0.3) is 5.69 Å². The number of rotatable bonds is 5. The molecule has 1 atom stereocenters. The van der Waals surface area contributed by atoms with Gasteiger partial charge in [-0.25, -0.2) is 0 Å². The number of hydrogen-bond acceptors (Lipinski definition) is 5. The van der Waals surface area contributed by atoms with Crippen molar-refractivity contribution < 1.29 is 19.2 Å². The van der Waals surface area contributed by atoms with Crippen LogP contribution in [0.15, 0.2) is 36.4 Å². The average Bonchev–Trinajstić information content (AvgIpc) is 3.05. The number of carbonyl (C=O) groups is 2. The second kappa shape index (κ2) is 7.67. The molecule has 0 radical (unpaired) electrons. The number of nitro benzene ring substituents is 1. The van der Waals surface area contributed by atoms with E-state index >= 15 is 0 Å². The largest absolute Gasteiger partial charge is 0.495 e. The van der Waals surface area contributed by atoms with Crippen LogP contribution < -0.4 is 15.0 Å². The summed E-state index contributed by atoms with van der Waals surface area (Å²) in [6, 6.07) is 9.82. The van der Waals surface area contributed by atoms with Crippen molar-refractivity contribution in [2.75, 3.05) is 23.9 Å². The molecule has 3 rings (SSSR count). The second-order valence-corrected chi connectivity index (χ2v) is 6.83. The molecular weight excluding hydrogens is 362 g/mol. The molecular formula is C20H21N3O5. The maximum atomic E-state index is 12.7. The Kier molecular flexibility index (Phi) is 5.30. The molecule has 1 unspecified atom stereocenters. The number of non-ortho nitro benzene ring substituents is 1. The molecule has 1 heterocycles. The van der Waals surface area contributed by atoms with Crippen LogP contribution >= 0.6 is 0 Å². The second-order valence-electron chi connectivity index (χ2n) is 6.83. The van der Waals surface area contributed by atoms with Gasteiger partial charge >= 0.3 is 0 Å². The molecule has 0 bridgehead atoms. The van der Waals surface area contributed by atoms with Crippen LogP contribution in [0.5, 0.6) is 5.75 Å². The fourth-order valence-corrected chi connectivity index (χ4v) is 3.22. The maximum Gasteiger partial charge on any atom is 0.271 e. The lowest BCUT2D eigenvalue weighted by Crippen LogP contribution is -2.28. The molecule has 1 aliphatic rings. The minimum atomic E-state index is -0.559. The third-order valence-electron chi connectivity index (χ3n) is 4.81. The zero-order chi connectivity index (χ0) is 20.4. The molecule has 8 heteroatoms. The number of aryl methyl sites for hydroxylation is 2. The summed E-state index contributed by atoms with van der Waals surface area (Å²) in [4.78, 5) is 37.2. The van der Waals surface area contributed by atoms with Gasteiger partial charge in [0.05, 0.1) is 29.3 Å². The predicted octanol–water partition coefficient (Wildman–Crippen LogP) is 3.21. The Balaban J connectivity index is 1.79. The third kappa shape index (κ3) is 3.80. The summed E-state index contributed by atoms with van der Waals surface area (Å²) in [6.45, 7) is 3.89. The van der Waals surface area contributed by atoms with E-state index in [1.54, 1.807) is 24.0 Å². The van der Waals surface area contributed by atoms with E-state index in [1.807, 2.05) is 19.1 Å². The number of nitro groups is 1. The van der Waals surface area contributed by atoms with Crippen LogP contribution in [0.4, 0.5) is 17.1 Å². The van der Waals surface area contributed by atoms with Gasteiger partial charge in [0.2, 0.25) is 11.8 Å². The maximum absolute atomic E-state index is 12.7. The fourth-order valence-electron chi connectivity index (χ4n) is 3.22. The van der Waals surface area contributed by atoms with Crippen LogP contribution in [0.25, 0.3) is 0 Å². The van der Waals surface area contributed by atoms with Crippen molar-refractivity contribution in [1.82, 2.24) is 0 Å². The Bertz CT molecular complexity index is 957. The standard InChI is InChI=1S/C20H21N3O5/c1-12-4-7-18(28-3)17(8-12)22-11-14(9-19(22)24)20(25)21-16-10-15(23(26)27)6-5-13(16)2/h4-8,10,14H,9,11H2,1-3H3,(H,21,25). The zero-order valence-electron chi connectivity index (χ0n) is 15.9. The third-order valence-corrected chi connectivity index (χ3v) is 4.81. The highest BCUT2D eigenvalue weighted by Crippen LogP contribution is 2.34. The van der Waals surface area contributed by atoms with Crippen LogP contribution in [0.3, 0.4) is 0 Å². The number of carbonyl (C=O) groups excluding carboxylic acids is 2. The lowest BCUT2D eigenvalue weighted by molar-refractivity contribution is -0.384. The van der Waals surface area contributed by atoms with Crippen molar-refractivity contribution in [1.29, 1.82) is 0 Å². The summed E-state index contributed by atoms with van der Waals surface area (Å²) in [7, 11) is 1.53. The molecule has 0 saturated carbocycles. The molecule has 2 aromatic rings. The predicted molar refractivity (Wildman–Crippen MR) is 105 cm³/mol. The molecule has 0 aliphatic carbocycles. The number of methoxy groups -OCH3 is 1. The van der Waals surface area contributed by atoms with Gasteiger partial charge in [-0.1, -0.05) is 12.1 Å². The van der Waals surface area contributed by atoms with Gasteiger partial charge in [-0.15, -0.1) is 0 Å². The normalized spacial score (nSPS) is 16.2. The molecule has 0 spiro atoms. The van der Waals surface area contributed by atoms with Crippen LogP contribution in [0, 0.1) is 29.9 Å². The first-order valence-electron chi connectivity index (χ1n) is 8.81. The average molecular weight is 383 g/mol. The quantitative estimate of drug-likeness (QED) is 0.631. The number of benzene rings is 2. The fraction of sp³-hybridized carbons (Fsp3) is 0.300. The van der Waals surface area contributed by atoms with Crippen molar-refractivity contribution >= 4 is 28.9 Å². The zero-order valence-corrected chi connectivity index (χ0v) is 15.9. The van der Waals surface area contributed by atoms with Gasteiger partial charge in [0, 0.05) is 25.1 Å². The molecule has 2 amide bonds. The first kappa shape index (κ1) is 19.3. The minimum Gasteiger partial charge on any atom is -0.495 e. The van der Waals surface area contributed by atoms with Gasteiger partial charge in [-0.2, -0.15) is 0 Å². The molecule has 8 nitrogen and oxygen atoms in total. The molecule has 1 N–H and O–H groups in total. The molecule has 146 valence electrons. The van der Waals surface area contributed by atoms with Crippen LogP contribution in [0.2, 0.25) is 0 Å². The number of nitrogens with zero attached hydrogens (tertiary/aromatic N) is 2. The number of ether oxygens (including phenoxy) is 1. The highest BCUT2D eigenvalue weighted by molar-refractivity contribution is 6.04. The van der Waals surface area contributed by atoms with Crippen molar-refractivity contribution in [3.05, 3.63) is 57.6 Å². The van der Waals surface area contributed by atoms with E-state index in [1.165, 1.54) is 19.2 Å². The van der Waals surface area contributed by atoms with Crippen molar-refractivity contribution in [3.63, 3.8) is 0 Å². The van der Waals surface area contributed by atoms with Crippen molar-refractivity contribution in [3.8, 4) is 5.75 Å². The minimum absolute atomic E-state index is 0.0664. The highest BCUT2D eigenvalue weighted by Gasteiger charge is 2.36. The van der Waals surface area contributed by atoms with Crippen LogP contribution in [0.1, 0.15) is 17.5 Å². The van der Waals surface area contributed by atoms with E-state index in [4.69, 9.17) is 4.74 Å². The summed E-state index contributed by atoms with van der Waals surface area (Å²) in [5.41, 5.74) is 2.59. The topological polar surface area (TPSA) is 102 Å².